The van der Waals surface area contributed by atoms with Crippen LogP contribution in [0.4, 0.5) is 0 Å². The van der Waals surface area contributed by atoms with Crippen molar-refractivity contribution < 1.29 is 4.79 Å². The molecule has 1 rings (SSSR count). The van der Waals surface area contributed by atoms with Crippen molar-refractivity contribution in [1.82, 2.24) is 5.32 Å². The summed E-state index contributed by atoms with van der Waals surface area (Å²) in [6.45, 7) is 0.726. The van der Waals surface area contributed by atoms with Crippen molar-refractivity contribution in [2.24, 2.45) is 11.7 Å². The predicted molar refractivity (Wildman–Crippen MR) is 33.4 cm³/mol. The van der Waals surface area contributed by atoms with Crippen LogP contribution in [0.15, 0.2) is 12.3 Å². The summed E-state index contributed by atoms with van der Waals surface area (Å²) in [5, 5.41) is 3.92. The summed E-state index contributed by atoms with van der Waals surface area (Å²) >= 11 is 0. The third kappa shape index (κ3) is 1.45. The molecule has 1 atom stereocenters. The van der Waals surface area contributed by atoms with Gasteiger partial charge in [0.1, 0.15) is 0 Å². The van der Waals surface area contributed by atoms with Crippen molar-refractivity contribution in [1.29, 1.82) is 0 Å². The highest BCUT2D eigenvalue weighted by molar-refractivity contribution is 5.78. The van der Waals surface area contributed by atoms with E-state index >= 15 is 0 Å². The Morgan fingerprint density at radius 1 is 1.78 bits per heavy atom. The number of nitrogens with two attached hydrogens (primary N) is 1. The number of hydrogen-bond acceptors (Lipinski definition) is 1. The Hall–Kier alpha value is -0.990. The van der Waals surface area contributed by atoms with E-state index in [2.05, 4.69) is 5.32 Å². The van der Waals surface area contributed by atoms with Gasteiger partial charge in [0.2, 0.25) is 5.91 Å². The number of rotatable bonds is 1. The number of hydrogen-bond donors (Lipinski definition) is 1. The minimum Gasteiger partial charge on any atom is -0.369 e. The molecule has 49 valence electrons. The summed E-state index contributed by atoms with van der Waals surface area (Å²) in [6, 6.07) is 0. The fraction of sp³-hybridized carbons (Fsp3) is 0.500. The molecule has 1 radical (unpaired) electrons. The van der Waals surface area contributed by atoms with Gasteiger partial charge in [0.05, 0.1) is 5.92 Å². The molecule has 1 aliphatic rings. The highest BCUT2D eigenvalue weighted by atomic mass is 16.1. The smallest absolute Gasteiger partial charge is 0.224 e. The van der Waals surface area contributed by atoms with Gasteiger partial charge in [-0.15, -0.1) is 0 Å². The van der Waals surface area contributed by atoms with Gasteiger partial charge in [-0.1, -0.05) is 6.08 Å². The lowest BCUT2D eigenvalue weighted by Crippen LogP contribution is -2.26. The van der Waals surface area contributed by atoms with Gasteiger partial charge in [0.15, 0.2) is 0 Å². The van der Waals surface area contributed by atoms with E-state index in [1.165, 1.54) is 0 Å². The Labute approximate surface area is 53.9 Å². The molecule has 0 fully saturated rings. The molecule has 0 aromatic carbocycles. The lowest BCUT2D eigenvalue weighted by Gasteiger charge is -2.11. The lowest BCUT2D eigenvalue weighted by atomic mass is 10.0. The highest BCUT2D eigenvalue weighted by Gasteiger charge is 2.13. The van der Waals surface area contributed by atoms with E-state index in [4.69, 9.17) is 5.73 Å². The average molecular weight is 125 g/mol. The van der Waals surface area contributed by atoms with Crippen LogP contribution in [0.25, 0.3) is 0 Å². The fourth-order valence-electron chi connectivity index (χ4n) is 0.786. The maximum atomic E-state index is 10.5. The molecule has 0 aliphatic carbocycles. The molecule has 9 heavy (non-hydrogen) atoms. The van der Waals surface area contributed by atoms with Crippen LogP contribution in [0.1, 0.15) is 6.42 Å². The van der Waals surface area contributed by atoms with Crippen molar-refractivity contribution in [2.75, 3.05) is 6.54 Å². The molecular weight excluding hydrogens is 116 g/mol. The van der Waals surface area contributed by atoms with Gasteiger partial charge in [-0.3, -0.25) is 10.1 Å². The van der Waals surface area contributed by atoms with Gasteiger partial charge in [0.25, 0.3) is 0 Å². The number of carbonyl (C=O) groups excluding carboxylic acids is 1. The summed E-state index contributed by atoms with van der Waals surface area (Å²) in [6.07, 6.45) is 4.16. The zero-order valence-corrected chi connectivity index (χ0v) is 5.08. The van der Waals surface area contributed by atoms with Crippen LogP contribution < -0.4 is 11.1 Å². The summed E-state index contributed by atoms with van der Waals surface area (Å²) in [4.78, 5) is 10.5. The molecule has 3 nitrogen and oxygen atoms in total. The van der Waals surface area contributed by atoms with E-state index in [1.54, 1.807) is 12.3 Å². The molecule has 0 aromatic rings. The molecule has 2 N–H and O–H groups in total. The zero-order chi connectivity index (χ0) is 6.69. The lowest BCUT2D eigenvalue weighted by molar-refractivity contribution is -0.120. The van der Waals surface area contributed by atoms with Gasteiger partial charge in [-0.05, 0) is 6.42 Å². The van der Waals surface area contributed by atoms with Crippen molar-refractivity contribution in [2.45, 2.75) is 6.42 Å². The van der Waals surface area contributed by atoms with E-state index < -0.39 is 0 Å². The number of amides is 1. The number of carbonyl (C=O) groups is 1. The molecule has 0 saturated heterocycles. The van der Waals surface area contributed by atoms with Crippen LogP contribution in [0.3, 0.4) is 0 Å². The molecule has 0 bridgehead atoms. The maximum absolute atomic E-state index is 10.5. The second-order valence-corrected chi connectivity index (χ2v) is 2.05. The summed E-state index contributed by atoms with van der Waals surface area (Å²) in [5.41, 5.74) is 5.04. The second-order valence-electron chi connectivity index (χ2n) is 2.05. The van der Waals surface area contributed by atoms with Crippen LogP contribution in [-0.2, 0) is 4.79 Å². The monoisotopic (exact) mass is 125 g/mol. The fourth-order valence-corrected chi connectivity index (χ4v) is 0.786. The third-order valence-corrected chi connectivity index (χ3v) is 1.36. The van der Waals surface area contributed by atoms with Crippen molar-refractivity contribution in [3.8, 4) is 0 Å². The van der Waals surface area contributed by atoms with Crippen LogP contribution in [0.2, 0.25) is 0 Å². The summed E-state index contributed by atoms with van der Waals surface area (Å²) in [7, 11) is 0. The molecule has 3 heteroatoms. The Bertz CT molecular complexity index is 142. The number of nitrogens with zero attached hydrogens (tertiary/aromatic N) is 1. The Morgan fingerprint density at radius 3 is 2.89 bits per heavy atom. The molecular formula is C6H9N2O. The average Bonchev–Trinajstić information content (AvgIpc) is 1.90. The van der Waals surface area contributed by atoms with Crippen LogP contribution in [0.5, 0.6) is 0 Å². The normalized spacial score (nSPS) is 25.1. The standard InChI is InChI=1S/C6H9N2O/c7-6(9)5-1-3-8-4-2-5/h1,3,5H,2,4H2,(H2,7,9). The maximum Gasteiger partial charge on any atom is 0.224 e. The van der Waals surface area contributed by atoms with Gasteiger partial charge in [-0.25, -0.2) is 0 Å². The molecule has 1 unspecified atom stereocenters. The van der Waals surface area contributed by atoms with E-state index in [0.717, 1.165) is 13.0 Å². The quantitative estimate of drug-likeness (QED) is 0.509. The van der Waals surface area contributed by atoms with Gasteiger partial charge in [-0.2, -0.15) is 0 Å². The third-order valence-electron chi connectivity index (χ3n) is 1.36. The second kappa shape index (κ2) is 2.53. The highest BCUT2D eigenvalue weighted by Crippen LogP contribution is 2.06. The summed E-state index contributed by atoms with van der Waals surface area (Å²) in [5.74, 6) is -0.330. The minimum atomic E-state index is -0.249. The van der Waals surface area contributed by atoms with Gasteiger partial charge in [0, 0.05) is 12.7 Å². The van der Waals surface area contributed by atoms with Crippen LogP contribution >= 0.6 is 0 Å². The molecule has 0 spiro atoms. The predicted octanol–water partition coefficient (Wildman–Crippen LogP) is -0.390. The molecule has 1 amide bonds. The van der Waals surface area contributed by atoms with Gasteiger partial charge < -0.3 is 5.73 Å². The Balaban J connectivity index is 2.50. The van der Waals surface area contributed by atoms with Crippen molar-refractivity contribution in [3.05, 3.63) is 12.3 Å². The largest absolute Gasteiger partial charge is 0.369 e. The van der Waals surface area contributed by atoms with Crippen molar-refractivity contribution >= 4 is 5.91 Å². The van der Waals surface area contributed by atoms with E-state index in [-0.39, 0.29) is 11.8 Å². The Kier molecular flexibility index (Phi) is 1.72. The molecule has 0 aromatic heterocycles. The van der Waals surface area contributed by atoms with Crippen LogP contribution in [-0.4, -0.2) is 12.5 Å². The first-order valence-corrected chi connectivity index (χ1v) is 2.93. The van der Waals surface area contributed by atoms with E-state index in [9.17, 15) is 4.79 Å². The van der Waals surface area contributed by atoms with E-state index in [1.807, 2.05) is 0 Å². The van der Waals surface area contributed by atoms with Crippen molar-refractivity contribution in [3.63, 3.8) is 0 Å². The summed E-state index contributed by atoms with van der Waals surface area (Å²) < 4.78 is 0. The first-order chi connectivity index (χ1) is 4.30. The SMILES string of the molecule is NC(=O)C1C=C[N]CC1. The molecule has 1 heterocycles. The molecule has 1 aliphatic heterocycles. The first kappa shape index (κ1) is 6.13. The zero-order valence-electron chi connectivity index (χ0n) is 5.08. The van der Waals surface area contributed by atoms with Gasteiger partial charge >= 0.3 is 0 Å². The first-order valence-electron chi connectivity index (χ1n) is 2.93. The molecule has 0 saturated carbocycles. The number of primary amides is 1. The topological polar surface area (TPSA) is 57.2 Å². The van der Waals surface area contributed by atoms with E-state index in [0.29, 0.717) is 0 Å². The minimum absolute atomic E-state index is 0.0810. The van der Waals surface area contributed by atoms with Crippen LogP contribution in [0, 0.1) is 5.92 Å². The Morgan fingerprint density at radius 2 is 2.56 bits per heavy atom.